The molecule has 1 aliphatic carbocycles. The normalized spacial score (nSPS) is 17.6. The van der Waals surface area contributed by atoms with E-state index in [0.29, 0.717) is 6.42 Å². The van der Waals surface area contributed by atoms with Gasteiger partial charge in [0.2, 0.25) is 0 Å². The topological polar surface area (TPSA) is 42.2 Å². The van der Waals surface area contributed by atoms with Gasteiger partial charge in [-0.1, -0.05) is 48.9 Å². The number of fused-ring (bicyclic) bond motifs is 3. The average Bonchev–Trinajstić information content (AvgIpc) is 2.99. The molecule has 0 fully saturated rings. The molecule has 1 aromatic heterocycles. The van der Waals surface area contributed by atoms with E-state index in [1.54, 1.807) is 0 Å². The fourth-order valence-corrected chi connectivity index (χ4v) is 4.81. The lowest BCUT2D eigenvalue weighted by molar-refractivity contribution is -0.142. The fourth-order valence-electron chi connectivity index (χ4n) is 4.68. The summed E-state index contributed by atoms with van der Waals surface area (Å²) in [5, 5.41) is 11.8. The summed E-state index contributed by atoms with van der Waals surface area (Å²) in [6, 6.07) is 16.4. The van der Waals surface area contributed by atoms with Crippen LogP contribution in [0.25, 0.3) is 10.9 Å². The molecule has 0 saturated carbocycles. The summed E-state index contributed by atoms with van der Waals surface area (Å²) in [7, 11) is 0. The molecule has 2 atom stereocenters. The van der Waals surface area contributed by atoms with Crippen LogP contribution in [-0.2, 0) is 17.8 Å². The van der Waals surface area contributed by atoms with E-state index in [1.165, 1.54) is 27.7 Å². The first-order chi connectivity index (χ1) is 13.1. The van der Waals surface area contributed by atoms with Gasteiger partial charge in [-0.25, -0.2) is 0 Å². The van der Waals surface area contributed by atoms with E-state index in [4.69, 9.17) is 11.6 Å². The van der Waals surface area contributed by atoms with Crippen molar-refractivity contribution < 1.29 is 9.90 Å². The highest BCUT2D eigenvalue weighted by Gasteiger charge is 2.35. The summed E-state index contributed by atoms with van der Waals surface area (Å²) in [5.41, 5.74) is 4.95. The molecule has 27 heavy (non-hydrogen) atoms. The van der Waals surface area contributed by atoms with E-state index in [9.17, 15) is 9.90 Å². The number of aryl methyl sites for hydroxylation is 1. The number of carboxylic acid groups (broad SMARTS) is 1. The van der Waals surface area contributed by atoms with E-state index in [1.807, 2.05) is 19.1 Å². The van der Waals surface area contributed by atoms with Gasteiger partial charge in [0.05, 0.1) is 5.92 Å². The minimum atomic E-state index is -0.682. The van der Waals surface area contributed by atoms with Gasteiger partial charge < -0.3 is 9.67 Å². The predicted molar refractivity (Wildman–Crippen MR) is 110 cm³/mol. The molecular weight excluding hydrogens is 358 g/mol. The van der Waals surface area contributed by atoms with E-state index >= 15 is 0 Å². The second kappa shape index (κ2) is 7.40. The second-order valence-corrected chi connectivity index (χ2v) is 7.88. The van der Waals surface area contributed by atoms with Gasteiger partial charge >= 0.3 is 5.97 Å². The third kappa shape index (κ3) is 3.25. The van der Waals surface area contributed by atoms with Crippen molar-refractivity contribution in [2.24, 2.45) is 5.92 Å². The predicted octanol–water partition coefficient (Wildman–Crippen LogP) is 5.87. The molecule has 3 aromatic rings. The zero-order valence-corrected chi connectivity index (χ0v) is 16.2. The van der Waals surface area contributed by atoms with Crippen LogP contribution in [0.4, 0.5) is 0 Å². The molecular formula is C23H24ClNO2. The van der Waals surface area contributed by atoms with E-state index in [-0.39, 0.29) is 11.8 Å². The number of para-hydroxylation sites is 1. The lowest BCUT2D eigenvalue weighted by Gasteiger charge is -2.30. The Balaban J connectivity index is 1.89. The molecule has 0 bridgehead atoms. The van der Waals surface area contributed by atoms with Crippen molar-refractivity contribution in [1.82, 2.24) is 4.57 Å². The minimum Gasteiger partial charge on any atom is -0.481 e. The molecule has 140 valence electrons. The number of carboxylic acids is 1. The van der Waals surface area contributed by atoms with Crippen molar-refractivity contribution in [2.75, 3.05) is 0 Å². The number of carbonyl (C=O) groups is 1. The van der Waals surface area contributed by atoms with Gasteiger partial charge in [0, 0.05) is 34.1 Å². The summed E-state index contributed by atoms with van der Waals surface area (Å²) in [6.45, 7) is 2.72. The molecule has 3 nitrogen and oxygen atoms in total. The fraction of sp³-hybridized carbons (Fsp3) is 0.348. The Morgan fingerprint density at radius 1 is 1.22 bits per heavy atom. The Kier molecular flexibility index (Phi) is 4.96. The SMILES string of the molecule is CCC(C(=O)O)C1CCCc2c1n(Cc1ccc(Cl)cc1)c1ccccc21. The van der Waals surface area contributed by atoms with Crippen LogP contribution < -0.4 is 0 Å². The van der Waals surface area contributed by atoms with Gasteiger partial charge in [-0.15, -0.1) is 0 Å². The molecule has 1 aliphatic rings. The molecule has 2 unspecified atom stereocenters. The number of nitrogens with zero attached hydrogens (tertiary/aromatic N) is 1. The van der Waals surface area contributed by atoms with Crippen LogP contribution in [0, 0.1) is 5.92 Å². The Morgan fingerprint density at radius 3 is 2.67 bits per heavy atom. The van der Waals surface area contributed by atoms with Crippen LogP contribution in [-0.4, -0.2) is 15.6 Å². The Morgan fingerprint density at radius 2 is 1.96 bits per heavy atom. The van der Waals surface area contributed by atoms with Gasteiger partial charge in [-0.3, -0.25) is 4.79 Å². The monoisotopic (exact) mass is 381 g/mol. The molecule has 0 aliphatic heterocycles. The smallest absolute Gasteiger partial charge is 0.307 e. The molecule has 0 spiro atoms. The molecule has 1 N–H and O–H groups in total. The first kappa shape index (κ1) is 18.1. The lowest BCUT2D eigenvalue weighted by Crippen LogP contribution is -2.27. The van der Waals surface area contributed by atoms with Crippen LogP contribution in [0.3, 0.4) is 0 Å². The minimum absolute atomic E-state index is 0.0657. The number of aliphatic carboxylic acids is 1. The van der Waals surface area contributed by atoms with Gasteiger partial charge in [-0.05, 0) is 55.0 Å². The number of benzene rings is 2. The van der Waals surface area contributed by atoms with Gasteiger partial charge in [0.1, 0.15) is 0 Å². The standard InChI is InChI=1S/C23H24ClNO2/c1-2-17(23(26)27)19-7-5-8-20-18-6-3-4-9-21(18)25(22(19)20)14-15-10-12-16(24)13-11-15/h3-4,6,9-13,17,19H,2,5,7-8,14H2,1H3,(H,26,27). The number of aromatic nitrogens is 1. The highest BCUT2D eigenvalue weighted by molar-refractivity contribution is 6.30. The van der Waals surface area contributed by atoms with Crippen molar-refractivity contribution in [3.05, 3.63) is 70.4 Å². The van der Waals surface area contributed by atoms with Crippen LogP contribution >= 0.6 is 11.6 Å². The van der Waals surface area contributed by atoms with Crippen molar-refractivity contribution in [3.63, 3.8) is 0 Å². The maximum absolute atomic E-state index is 11.9. The molecule has 0 saturated heterocycles. The maximum atomic E-state index is 11.9. The van der Waals surface area contributed by atoms with Gasteiger partial charge in [0.25, 0.3) is 0 Å². The summed E-state index contributed by atoms with van der Waals surface area (Å²) >= 11 is 6.05. The summed E-state index contributed by atoms with van der Waals surface area (Å²) in [5.74, 6) is -0.952. The molecule has 0 amide bonds. The van der Waals surface area contributed by atoms with Gasteiger partial charge in [0.15, 0.2) is 0 Å². The van der Waals surface area contributed by atoms with Crippen molar-refractivity contribution in [1.29, 1.82) is 0 Å². The number of rotatable bonds is 5. The first-order valence-corrected chi connectivity index (χ1v) is 10.0. The average molecular weight is 382 g/mol. The zero-order chi connectivity index (χ0) is 19.0. The van der Waals surface area contributed by atoms with Crippen LogP contribution in [0.1, 0.15) is 48.9 Å². The number of hydrogen-bond acceptors (Lipinski definition) is 1. The number of hydrogen-bond donors (Lipinski definition) is 1. The summed E-state index contributed by atoms with van der Waals surface area (Å²) < 4.78 is 2.35. The van der Waals surface area contributed by atoms with Gasteiger partial charge in [-0.2, -0.15) is 0 Å². The van der Waals surface area contributed by atoms with E-state index < -0.39 is 5.97 Å². The van der Waals surface area contributed by atoms with Crippen molar-refractivity contribution in [2.45, 2.75) is 45.1 Å². The molecule has 1 heterocycles. The highest BCUT2D eigenvalue weighted by Crippen LogP contribution is 2.43. The summed E-state index contributed by atoms with van der Waals surface area (Å²) in [4.78, 5) is 11.9. The summed E-state index contributed by atoms with van der Waals surface area (Å²) in [6.07, 6.45) is 3.67. The quantitative estimate of drug-likeness (QED) is 0.600. The number of halogens is 1. The van der Waals surface area contributed by atoms with E-state index in [0.717, 1.165) is 30.8 Å². The van der Waals surface area contributed by atoms with Crippen molar-refractivity contribution >= 4 is 28.5 Å². The highest BCUT2D eigenvalue weighted by atomic mass is 35.5. The lowest BCUT2D eigenvalue weighted by atomic mass is 9.77. The third-order valence-electron chi connectivity index (χ3n) is 5.91. The van der Waals surface area contributed by atoms with Crippen LogP contribution in [0.2, 0.25) is 5.02 Å². The largest absolute Gasteiger partial charge is 0.481 e. The molecule has 4 rings (SSSR count). The Labute approximate surface area is 164 Å². The maximum Gasteiger partial charge on any atom is 0.307 e. The molecule has 2 aromatic carbocycles. The molecule has 0 radical (unpaired) electrons. The molecule has 4 heteroatoms. The van der Waals surface area contributed by atoms with E-state index in [2.05, 4.69) is 41.0 Å². The Bertz CT molecular complexity index is 974. The van der Waals surface area contributed by atoms with Crippen LogP contribution in [0.15, 0.2) is 48.5 Å². The zero-order valence-electron chi connectivity index (χ0n) is 15.5. The van der Waals surface area contributed by atoms with Crippen molar-refractivity contribution in [3.8, 4) is 0 Å². The second-order valence-electron chi connectivity index (χ2n) is 7.45. The first-order valence-electron chi connectivity index (χ1n) is 9.67. The Hall–Kier alpha value is -2.26. The van der Waals surface area contributed by atoms with Crippen LogP contribution in [0.5, 0.6) is 0 Å². The third-order valence-corrected chi connectivity index (χ3v) is 6.16.